The number of pyridine rings is 1. The second kappa shape index (κ2) is 13.4. The summed E-state index contributed by atoms with van der Waals surface area (Å²) in [4.78, 5) is 24.6. The highest BCUT2D eigenvalue weighted by Crippen LogP contribution is 2.39. The summed E-state index contributed by atoms with van der Waals surface area (Å²) in [5.41, 5.74) is 0.944. The Bertz CT molecular complexity index is 1260. The van der Waals surface area contributed by atoms with Crippen molar-refractivity contribution in [2.24, 2.45) is 5.41 Å². The van der Waals surface area contributed by atoms with E-state index >= 15 is 0 Å². The molecular formula is C24H27F6N3O7S. The number of carboxylic acid groups (broad SMARTS) is 2. The third-order valence-corrected chi connectivity index (χ3v) is 8.15. The van der Waals surface area contributed by atoms with E-state index in [1.165, 1.54) is 0 Å². The smallest absolute Gasteiger partial charge is 0.490 e. The Balaban J connectivity index is 0.000000349. The molecule has 1 aromatic heterocycles. The summed E-state index contributed by atoms with van der Waals surface area (Å²) >= 11 is 0. The number of rotatable bonds is 2. The molecule has 0 atom stereocenters. The lowest BCUT2D eigenvalue weighted by atomic mass is 9.78. The monoisotopic (exact) mass is 615 g/mol. The topological polar surface area (TPSA) is 137 Å². The van der Waals surface area contributed by atoms with Crippen molar-refractivity contribution in [2.45, 2.75) is 37.0 Å². The lowest BCUT2D eigenvalue weighted by molar-refractivity contribution is -0.193. The fourth-order valence-electron chi connectivity index (χ4n) is 4.02. The van der Waals surface area contributed by atoms with E-state index in [9.17, 15) is 34.8 Å². The Kier molecular flexibility index (Phi) is 11.0. The fourth-order valence-corrected chi connectivity index (χ4v) is 5.72. The number of halogens is 6. The molecule has 1 aromatic carbocycles. The predicted molar refractivity (Wildman–Crippen MR) is 132 cm³/mol. The molecule has 2 aliphatic heterocycles. The maximum absolute atomic E-state index is 13.1. The van der Waals surface area contributed by atoms with Crippen molar-refractivity contribution in [3.05, 3.63) is 48.8 Å². The average molecular weight is 616 g/mol. The van der Waals surface area contributed by atoms with Crippen LogP contribution in [0.1, 0.15) is 19.8 Å². The Morgan fingerprint density at radius 3 is 1.98 bits per heavy atom. The SMILES string of the molecule is CCN1CC2(CCN(c3cccnc3)CC2)COc2ccccc2S1(=O)=O.O=C(O)C(F)(F)F.O=C(O)C(F)(F)F. The van der Waals surface area contributed by atoms with Crippen LogP contribution < -0.4 is 9.64 Å². The number of aromatic nitrogens is 1. The van der Waals surface area contributed by atoms with Gasteiger partial charge in [-0.2, -0.15) is 30.6 Å². The van der Waals surface area contributed by atoms with Crippen LogP contribution in [0.3, 0.4) is 0 Å². The largest absolute Gasteiger partial charge is 0.492 e. The fraction of sp³-hybridized carbons (Fsp3) is 0.458. The van der Waals surface area contributed by atoms with Crippen molar-refractivity contribution in [1.29, 1.82) is 0 Å². The molecule has 10 nitrogen and oxygen atoms in total. The lowest BCUT2D eigenvalue weighted by Crippen LogP contribution is -2.51. The van der Waals surface area contributed by atoms with Crippen molar-refractivity contribution < 1.29 is 59.3 Å². The molecule has 0 aliphatic carbocycles. The molecule has 2 N–H and O–H groups in total. The molecule has 0 radical (unpaired) electrons. The highest BCUT2D eigenvalue weighted by Gasteiger charge is 2.42. The van der Waals surface area contributed by atoms with E-state index in [-0.39, 0.29) is 10.3 Å². The normalized spacial score (nSPS) is 18.2. The molecule has 1 fully saturated rings. The van der Waals surface area contributed by atoms with E-state index in [1.54, 1.807) is 28.7 Å². The van der Waals surface area contributed by atoms with Gasteiger partial charge in [-0.05, 0) is 37.1 Å². The number of sulfonamides is 1. The first kappa shape index (κ1) is 33.6. The zero-order chi connectivity index (χ0) is 31.1. The predicted octanol–water partition coefficient (Wildman–Crippen LogP) is 4.04. The van der Waals surface area contributed by atoms with Gasteiger partial charge >= 0.3 is 24.3 Å². The van der Waals surface area contributed by atoms with Gasteiger partial charge in [0.25, 0.3) is 0 Å². The van der Waals surface area contributed by atoms with Crippen LogP contribution in [0.4, 0.5) is 32.0 Å². The van der Waals surface area contributed by atoms with Crippen LogP contribution in [-0.2, 0) is 19.6 Å². The molecule has 3 heterocycles. The van der Waals surface area contributed by atoms with Gasteiger partial charge in [0.05, 0.1) is 18.5 Å². The number of nitrogens with zero attached hydrogens (tertiary/aromatic N) is 3. The highest BCUT2D eigenvalue weighted by molar-refractivity contribution is 7.89. The molecule has 0 amide bonds. The van der Waals surface area contributed by atoms with Crippen LogP contribution in [0.15, 0.2) is 53.7 Å². The average Bonchev–Trinajstić information content (AvgIpc) is 2.91. The van der Waals surface area contributed by atoms with Crippen LogP contribution in [0.2, 0.25) is 0 Å². The van der Waals surface area contributed by atoms with Crippen molar-refractivity contribution in [2.75, 3.05) is 37.7 Å². The molecule has 0 saturated carbocycles. The Morgan fingerprint density at radius 2 is 1.51 bits per heavy atom. The first-order valence-corrected chi connectivity index (χ1v) is 13.3. The number of para-hydroxylation sites is 1. The van der Waals surface area contributed by atoms with Gasteiger partial charge in [0.2, 0.25) is 10.0 Å². The van der Waals surface area contributed by atoms with Gasteiger partial charge in [0.15, 0.2) is 0 Å². The minimum absolute atomic E-state index is 0.171. The molecule has 17 heteroatoms. The molecule has 228 valence electrons. The number of benzene rings is 1. The molecule has 1 spiro atoms. The zero-order valence-electron chi connectivity index (χ0n) is 21.5. The summed E-state index contributed by atoms with van der Waals surface area (Å²) < 4.78 is 97.4. The van der Waals surface area contributed by atoms with Crippen LogP contribution in [0.25, 0.3) is 0 Å². The number of hydrogen-bond acceptors (Lipinski definition) is 7. The van der Waals surface area contributed by atoms with Crippen molar-refractivity contribution in [3.8, 4) is 5.75 Å². The van der Waals surface area contributed by atoms with E-state index in [1.807, 2.05) is 25.3 Å². The maximum atomic E-state index is 13.1. The Labute approximate surface area is 231 Å². The van der Waals surface area contributed by atoms with Crippen LogP contribution in [0.5, 0.6) is 5.75 Å². The first-order valence-electron chi connectivity index (χ1n) is 11.9. The number of carbonyl (C=O) groups is 2. The molecule has 0 unspecified atom stereocenters. The quantitative estimate of drug-likeness (QED) is 0.480. The second-order valence-electron chi connectivity index (χ2n) is 8.97. The number of aliphatic carboxylic acids is 2. The summed E-state index contributed by atoms with van der Waals surface area (Å²) in [6, 6.07) is 11.0. The van der Waals surface area contributed by atoms with Crippen LogP contribution in [-0.4, -0.2) is 85.0 Å². The van der Waals surface area contributed by atoms with E-state index in [0.29, 0.717) is 25.4 Å². The van der Waals surface area contributed by atoms with Crippen molar-refractivity contribution in [1.82, 2.24) is 9.29 Å². The number of fused-ring (bicyclic) bond motifs is 1. The Morgan fingerprint density at radius 1 is 0.976 bits per heavy atom. The number of ether oxygens (including phenoxy) is 1. The molecule has 41 heavy (non-hydrogen) atoms. The minimum atomic E-state index is -5.08. The summed E-state index contributed by atoms with van der Waals surface area (Å²) in [7, 11) is -3.55. The number of anilines is 1. The number of hydrogen-bond donors (Lipinski definition) is 2. The van der Waals surface area contributed by atoms with Crippen LogP contribution in [0, 0.1) is 5.41 Å². The molecule has 1 saturated heterocycles. The lowest BCUT2D eigenvalue weighted by Gasteiger charge is -2.45. The Hall–Kier alpha value is -3.60. The molecule has 2 aliphatic rings. The van der Waals surface area contributed by atoms with Gasteiger partial charge in [-0.15, -0.1) is 0 Å². The van der Waals surface area contributed by atoms with Gasteiger partial charge in [0, 0.05) is 37.8 Å². The standard InChI is InChI=1S/C20H25N3O3S.2C2HF3O2/c1-2-23-15-20(9-12-22(13-10-20)17-6-5-11-21-14-17)16-26-18-7-3-4-8-19(18)27(23,24)25;2*3-2(4,5)1(6)7/h3-8,11,14H,2,9-10,12-13,15-16H2,1H3;2*(H,6,7). The van der Waals surface area contributed by atoms with Gasteiger partial charge in [-0.1, -0.05) is 19.1 Å². The number of alkyl halides is 6. The van der Waals surface area contributed by atoms with Gasteiger partial charge in [-0.25, -0.2) is 18.0 Å². The summed E-state index contributed by atoms with van der Waals surface area (Å²) in [5.74, 6) is -5.05. The van der Waals surface area contributed by atoms with Crippen LogP contribution >= 0.6 is 0 Å². The van der Waals surface area contributed by atoms with E-state index in [4.69, 9.17) is 24.5 Å². The summed E-state index contributed by atoms with van der Waals surface area (Å²) in [6.07, 6.45) is -4.74. The summed E-state index contributed by atoms with van der Waals surface area (Å²) in [6.45, 7) is 5.15. The van der Waals surface area contributed by atoms with E-state index < -0.39 is 34.3 Å². The summed E-state index contributed by atoms with van der Waals surface area (Å²) in [5, 5.41) is 14.2. The second-order valence-corrected chi connectivity index (χ2v) is 10.9. The minimum Gasteiger partial charge on any atom is -0.492 e. The molecular weight excluding hydrogens is 588 g/mol. The van der Waals surface area contributed by atoms with E-state index in [0.717, 1.165) is 31.6 Å². The van der Waals surface area contributed by atoms with Crippen molar-refractivity contribution in [3.63, 3.8) is 0 Å². The molecule has 0 bridgehead atoms. The maximum Gasteiger partial charge on any atom is 0.490 e. The third-order valence-electron chi connectivity index (χ3n) is 6.19. The van der Waals surface area contributed by atoms with Gasteiger partial charge < -0.3 is 19.8 Å². The zero-order valence-corrected chi connectivity index (χ0v) is 22.3. The van der Waals surface area contributed by atoms with Gasteiger partial charge in [0.1, 0.15) is 10.6 Å². The number of carboxylic acids is 2. The van der Waals surface area contributed by atoms with E-state index in [2.05, 4.69) is 16.0 Å². The van der Waals surface area contributed by atoms with Gasteiger partial charge in [-0.3, -0.25) is 4.98 Å². The molecule has 2 aromatic rings. The third kappa shape index (κ3) is 9.21. The number of piperidine rings is 1. The molecule has 4 rings (SSSR count). The first-order chi connectivity index (χ1) is 18.9. The van der Waals surface area contributed by atoms with Crippen molar-refractivity contribution >= 4 is 27.6 Å². The highest BCUT2D eigenvalue weighted by atomic mass is 32.2.